The maximum atomic E-state index is 8.43. The highest BCUT2D eigenvalue weighted by Gasteiger charge is 1.82. The van der Waals surface area contributed by atoms with E-state index in [1.165, 1.54) is 19.3 Å². The molecule has 1 nitrogen and oxygen atoms in total. The summed E-state index contributed by atoms with van der Waals surface area (Å²) in [5.74, 6) is 0. The van der Waals surface area contributed by atoms with Crippen molar-refractivity contribution in [2.24, 2.45) is 0 Å². The Hall–Kier alpha value is 0.177. The third kappa shape index (κ3) is 6.18. The summed E-state index contributed by atoms with van der Waals surface area (Å²) in [4.78, 5) is 8.43. The second kappa shape index (κ2) is 6.18. The van der Waals surface area contributed by atoms with Gasteiger partial charge < -0.3 is 4.80 Å². The van der Waals surface area contributed by atoms with Crippen LogP contribution in [0.4, 0.5) is 0 Å². The van der Waals surface area contributed by atoms with E-state index >= 15 is 0 Å². The molecule has 0 aromatic rings. The van der Waals surface area contributed by atoms with Crippen molar-refractivity contribution >= 4 is 9.76 Å². The van der Waals surface area contributed by atoms with Crippen LogP contribution in [0.2, 0.25) is 6.04 Å². The third-order valence-corrected chi connectivity index (χ3v) is 1.83. The first kappa shape index (κ1) is 7.18. The molecule has 0 aromatic heterocycles. The van der Waals surface area contributed by atoms with E-state index < -0.39 is 9.76 Å². The first-order chi connectivity index (χ1) is 3.41. The van der Waals surface area contributed by atoms with Crippen LogP contribution in [0, 0.1) is 0 Å². The minimum atomic E-state index is -0.606. The lowest BCUT2D eigenvalue weighted by Crippen LogP contribution is -1.84. The second-order valence-corrected chi connectivity index (χ2v) is 2.94. The van der Waals surface area contributed by atoms with Gasteiger partial charge in [0.2, 0.25) is 0 Å². The lowest BCUT2D eigenvalue weighted by molar-refractivity contribution is 0.592. The summed E-state index contributed by atoms with van der Waals surface area (Å²) in [6, 6.07) is 1.12. The molecule has 7 heavy (non-hydrogen) atoms. The monoisotopic (exact) mass is 118 g/mol. The number of hydrogen-bond acceptors (Lipinski definition) is 1. The van der Waals surface area contributed by atoms with E-state index in [1.807, 2.05) is 0 Å². The van der Waals surface area contributed by atoms with E-state index in [1.54, 1.807) is 0 Å². The molecule has 1 N–H and O–H groups in total. The molecule has 2 heteroatoms. The Kier molecular flexibility index (Phi) is 6.33. The molecule has 0 fully saturated rings. The van der Waals surface area contributed by atoms with Crippen molar-refractivity contribution < 1.29 is 4.80 Å². The third-order valence-electron chi connectivity index (χ3n) is 1.01. The zero-order valence-corrected chi connectivity index (χ0v) is 6.40. The van der Waals surface area contributed by atoms with Crippen molar-refractivity contribution in [3.8, 4) is 0 Å². The Bertz CT molecular complexity index is 27.3. The van der Waals surface area contributed by atoms with Crippen LogP contribution in [-0.2, 0) is 0 Å². The molecule has 0 saturated heterocycles. The van der Waals surface area contributed by atoms with Crippen LogP contribution in [0.3, 0.4) is 0 Å². The molecule has 0 atom stereocenters. The lowest BCUT2D eigenvalue weighted by atomic mass is 10.3. The molecule has 44 valence electrons. The smallest absolute Gasteiger partial charge is 0.156 e. The summed E-state index contributed by atoms with van der Waals surface area (Å²) in [7, 11) is -0.606. The highest BCUT2D eigenvalue weighted by atomic mass is 28.2. The molecule has 0 spiro atoms. The van der Waals surface area contributed by atoms with Gasteiger partial charge in [-0.2, -0.15) is 0 Å². The molecule has 0 aliphatic rings. The zero-order valence-electron chi connectivity index (χ0n) is 4.98. The fourth-order valence-corrected chi connectivity index (χ4v) is 1.12. The van der Waals surface area contributed by atoms with E-state index in [2.05, 4.69) is 6.92 Å². The predicted octanol–water partition coefficient (Wildman–Crippen LogP) is 0.671. The normalized spacial score (nSPS) is 11.1. The first-order valence-electron chi connectivity index (χ1n) is 3.02. The van der Waals surface area contributed by atoms with Crippen LogP contribution < -0.4 is 0 Å². The summed E-state index contributed by atoms with van der Waals surface area (Å²) in [5.41, 5.74) is 0. The Balaban J connectivity index is 2.45. The van der Waals surface area contributed by atoms with Crippen molar-refractivity contribution in [2.45, 2.75) is 32.2 Å². The fraction of sp³-hybridized carbons (Fsp3) is 1.00. The quantitative estimate of drug-likeness (QED) is 0.425. The summed E-state index contributed by atoms with van der Waals surface area (Å²) in [6.45, 7) is 2.18. The SMILES string of the molecule is CCCCC[SiH2]O. The Labute approximate surface area is 47.7 Å². The van der Waals surface area contributed by atoms with Crippen LogP contribution >= 0.6 is 0 Å². The summed E-state index contributed by atoms with van der Waals surface area (Å²) in [6.07, 6.45) is 3.82. The van der Waals surface area contributed by atoms with Crippen molar-refractivity contribution in [3.05, 3.63) is 0 Å². The zero-order chi connectivity index (χ0) is 5.54. The van der Waals surface area contributed by atoms with Gasteiger partial charge in [0, 0.05) is 0 Å². The van der Waals surface area contributed by atoms with Gasteiger partial charge in [0.15, 0.2) is 9.76 Å². The Morgan fingerprint density at radius 3 is 2.57 bits per heavy atom. The van der Waals surface area contributed by atoms with E-state index in [0.29, 0.717) is 0 Å². The van der Waals surface area contributed by atoms with Gasteiger partial charge in [0.05, 0.1) is 0 Å². The topological polar surface area (TPSA) is 20.2 Å². The molecule has 0 bridgehead atoms. The van der Waals surface area contributed by atoms with Crippen LogP contribution in [0.5, 0.6) is 0 Å². The molecule has 0 aliphatic heterocycles. The largest absolute Gasteiger partial charge is 0.438 e. The average Bonchev–Trinajstić information content (AvgIpc) is 1.69. The maximum Gasteiger partial charge on any atom is 0.156 e. The van der Waals surface area contributed by atoms with Gasteiger partial charge in [0.1, 0.15) is 0 Å². The Morgan fingerprint density at radius 1 is 1.43 bits per heavy atom. The van der Waals surface area contributed by atoms with Crippen molar-refractivity contribution in [2.75, 3.05) is 0 Å². The molecule has 0 unspecified atom stereocenters. The molecule has 0 saturated carbocycles. The molecule has 0 aliphatic carbocycles. The van der Waals surface area contributed by atoms with Crippen molar-refractivity contribution in [1.82, 2.24) is 0 Å². The lowest BCUT2D eigenvalue weighted by Gasteiger charge is -1.89. The molecule has 0 heterocycles. The highest BCUT2D eigenvalue weighted by Crippen LogP contribution is 1.96. The van der Waals surface area contributed by atoms with E-state index in [9.17, 15) is 0 Å². The van der Waals surface area contributed by atoms with Gasteiger partial charge in [-0.3, -0.25) is 0 Å². The standard InChI is InChI=1S/C5H14OSi/c1-2-3-4-5-7-6/h6H,2-5,7H2,1H3. The van der Waals surface area contributed by atoms with Gasteiger partial charge in [-0.15, -0.1) is 0 Å². The van der Waals surface area contributed by atoms with E-state index in [0.717, 1.165) is 6.04 Å². The summed E-state index contributed by atoms with van der Waals surface area (Å²) >= 11 is 0. The molecule has 0 aromatic carbocycles. The highest BCUT2D eigenvalue weighted by molar-refractivity contribution is 6.25. The predicted molar refractivity (Wildman–Crippen MR) is 35.1 cm³/mol. The van der Waals surface area contributed by atoms with Gasteiger partial charge in [0.25, 0.3) is 0 Å². The molecular weight excluding hydrogens is 104 g/mol. The van der Waals surface area contributed by atoms with Gasteiger partial charge in [-0.25, -0.2) is 0 Å². The molecule has 0 radical (unpaired) electrons. The molecular formula is C5H14OSi. The van der Waals surface area contributed by atoms with Crippen LogP contribution in [0.1, 0.15) is 26.2 Å². The molecule has 0 rings (SSSR count). The number of hydrogen-bond donors (Lipinski definition) is 1. The van der Waals surface area contributed by atoms with E-state index in [-0.39, 0.29) is 0 Å². The minimum absolute atomic E-state index is 0.606. The van der Waals surface area contributed by atoms with Crippen molar-refractivity contribution in [3.63, 3.8) is 0 Å². The average molecular weight is 118 g/mol. The number of rotatable bonds is 4. The van der Waals surface area contributed by atoms with E-state index in [4.69, 9.17) is 4.80 Å². The maximum absolute atomic E-state index is 8.43. The summed E-state index contributed by atoms with van der Waals surface area (Å²) < 4.78 is 0. The molecule has 0 amide bonds. The Morgan fingerprint density at radius 2 is 2.14 bits per heavy atom. The van der Waals surface area contributed by atoms with Gasteiger partial charge in [-0.1, -0.05) is 26.2 Å². The van der Waals surface area contributed by atoms with Crippen molar-refractivity contribution in [1.29, 1.82) is 0 Å². The fourth-order valence-electron chi connectivity index (χ4n) is 0.539. The van der Waals surface area contributed by atoms with Gasteiger partial charge >= 0.3 is 0 Å². The first-order valence-corrected chi connectivity index (χ1v) is 4.66. The summed E-state index contributed by atoms with van der Waals surface area (Å²) in [5, 5.41) is 0. The second-order valence-electron chi connectivity index (χ2n) is 1.78. The van der Waals surface area contributed by atoms with Crippen LogP contribution in [0.25, 0.3) is 0 Å². The van der Waals surface area contributed by atoms with Gasteiger partial charge in [-0.05, 0) is 6.04 Å². The minimum Gasteiger partial charge on any atom is -0.438 e. The van der Waals surface area contributed by atoms with Crippen LogP contribution in [-0.4, -0.2) is 14.6 Å². The number of unbranched alkanes of at least 4 members (excludes halogenated alkanes) is 2. The van der Waals surface area contributed by atoms with Crippen LogP contribution in [0.15, 0.2) is 0 Å².